The van der Waals surface area contributed by atoms with E-state index in [1.54, 1.807) is 36.0 Å². The Bertz CT molecular complexity index is 563. The van der Waals surface area contributed by atoms with E-state index in [1.807, 2.05) is 24.3 Å². The largest absolute Gasteiger partial charge is 0.289 e. The summed E-state index contributed by atoms with van der Waals surface area (Å²) in [5.74, 6) is 1.08. The first-order valence-electron chi connectivity index (χ1n) is 6.09. The smallest absolute Gasteiger partial charge is 0.193 e. The molecular formula is C16H15ClOS. The number of carbonyl (C=O) groups is 1. The number of rotatable bonds is 5. The molecule has 2 aromatic carbocycles. The number of aryl methyl sites for hydroxylation is 1. The van der Waals surface area contributed by atoms with Crippen molar-refractivity contribution in [3.05, 3.63) is 70.2 Å². The number of benzene rings is 2. The van der Waals surface area contributed by atoms with Gasteiger partial charge in [0.05, 0.1) is 0 Å². The van der Waals surface area contributed by atoms with Gasteiger partial charge in [-0.2, -0.15) is 11.8 Å². The molecule has 19 heavy (non-hydrogen) atoms. The average Bonchev–Trinajstić information content (AvgIpc) is 2.45. The minimum Gasteiger partial charge on any atom is -0.289 e. The lowest BCUT2D eigenvalue weighted by atomic mass is 9.97. The third-order valence-electron chi connectivity index (χ3n) is 2.94. The van der Waals surface area contributed by atoms with Gasteiger partial charge in [-0.05, 0) is 48.3 Å². The number of hydrogen-bond acceptors (Lipinski definition) is 2. The highest BCUT2D eigenvalue weighted by Crippen LogP contribution is 2.18. The van der Waals surface area contributed by atoms with Crippen LogP contribution in [0.15, 0.2) is 48.5 Å². The molecular weight excluding hydrogens is 276 g/mol. The maximum Gasteiger partial charge on any atom is 0.193 e. The summed E-state index contributed by atoms with van der Waals surface area (Å²) < 4.78 is 0. The molecule has 0 unspecified atom stereocenters. The minimum absolute atomic E-state index is 0.0633. The van der Waals surface area contributed by atoms with E-state index in [-0.39, 0.29) is 5.78 Å². The van der Waals surface area contributed by atoms with Crippen molar-refractivity contribution in [2.24, 2.45) is 0 Å². The van der Waals surface area contributed by atoms with Gasteiger partial charge in [0.1, 0.15) is 0 Å². The maximum absolute atomic E-state index is 12.5. The monoisotopic (exact) mass is 290 g/mol. The van der Waals surface area contributed by atoms with Gasteiger partial charge < -0.3 is 0 Å². The van der Waals surface area contributed by atoms with Crippen molar-refractivity contribution >= 4 is 29.1 Å². The fourth-order valence-electron chi connectivity index (χ4n) is 1.93. The zero-order valence-electron chi connectivity index (χ0n) is 10.7. The molecule has 0 aliphatic heterocycles. The van der Waals surface area contributed by atoms with Gasteiger partial charge in [0.15, 0.2) is 5.78 Å². The summed E-state index contributed by atoms with van der Waals surface area (Å²) in [5.41, 5.74) is 2.58. The minimum atomic E-state index is 0.0633. The van der Waals surface area contributed by atoms with Gasteiger partial charge in [-0.15, -0.1) is 0 Å². The molecule has 0 fully saturated rings. The molecule has 0 amide bonds. The Morgan fingerprint density at radius 1 is 1.11 bits per heavy atom. The first kappa shape index (κ1) is 14.2. The van der Waals surface area contributed by atoms with E-state index in [1.165, 1.54) is 0 Å². The van der Waals surface area contributed by atoms with Crippen LogP contribution in [-0.4, -0.2) is 17.8 Å². The second-order valence-corrected chi connectivity index (χ2v) is 5.66. The van der Waals surface area contributed by atoms with Crippen molar-refractivity contribution in [2.75, 3.05) is 12.0 Å². The second kappa shape index (κ2) is 6.78. The highest BCUT2D eigenvalue weighted by Gasteiger charge is 2.12. The summed E-state index contributed by atoms with van der Waals surface area (Å²) in [6, 6.07) is 14.9. The average molecular weight is 291 g/mol. The molecule has 0 bridgehead atoms. The first-order chi connectivity index (χ1) is 9.22. The van der Waals surface area contributed by atoms with Crippen LogP contribution in [0.5, 0.6) is 0 Å². The second-order valence-electron chi connectivity index (χ2n) is 4.24. The van der Waals surface area contributed by atoms with Crippen LogP contribution < -0.4 is 0 Å². The van der Waals surface area contributed by atoms with Crippen LogP contribution in [0.1, 0.15) is 21.5 Å². The molecule has 0 atom stereocenters. The van der Waals surface area contributed by atoms with Gasteiger partial charge in [-0.3, -0.25) is 4.79 Å². The van der Waals surface area contributed by atoms with Crippen molar-refractivity contribution < 1.29 is 4.79 Å². The zero-order chi connectivity index (χ0) is 13.7. The zero-order valence-corrected chi connectivity index (χ0v) is 12.3. The van der Waals surface area contributed by atoms with Gasteiger partial charge in [0, 0.05) is 16.1 Å². The number of carbonyl (C=O) groups excluding carboxylic acids is 1. The number of hydrogen-bond donors (Lipinski definition) is 0. The van der Waals surface area contributed by atoms with Crippen molar-refractivity contribution in [1.29, 1.82) is 0 Å². The van der Waals surface area contributed by atoms with Crippen LogP contribution in [0, 0.1) is 0 Å². The third kappa shape index (κ3) is 3.62. The van der Waals surface area contributed by atoms with Crippen LogP contribution >= 0.6 is 23.4 Å². The topological polar surface area (TPSA) is 17.1 Å². The van der Waals surface area contributed by atoms with E-state index >= 15 is 0 Å². The Kier molecular flexibility index (Phi) is 5.06. The van der Waals surface area contributed by atoms with Crippen molar-refractivity contribution in [3.63, 3.8) is 0 Å². The Labute approximate surface area is 123 Å². The number of thioether (sulfide) groups is 1. The quantitative estimate of drug-likeness (QED) is 0.756. The van der Waals surface area contributed by atoms with Gasteiger partial charge >= 0.3 is 0 Å². The molecule has 0 spiro atoms. The first-order valence-corrected chi connectivity index (χ1v) is 7.86. The fourth-order valence-corrected chi connectivity index (χ4v) is 2.48. The molecule has 2 aromatic rings. The molecule has 2 rings (SSSR count). The molecule has 1 nitrogen and oxygen atoms in total. The maximum atomic E-state index is 12.5. The Morgan fingerprint density at radius 3 is 2.47 bits per heavy atom. The van der Waals surface area contributed by atoms with Crippen molar-refractivity contribution in [3.8, 4) is 0 Å². The van der Waals surface area contributed by atoms with E-state index in [4.69, 9.17) is 11.6 Å². The molecule has 0 aromatic heterocycles. The Hall–Kier alpha value is -1.25. The standard InChI is InChI=1S/C16H15ClOS/c1-19-11-10-12-4-2-3-5-15(12)16(18)13-6-8-14(17)9-7-13/h2-9H,10-11H2,1H3. The molecule has 0 heterocycles. The van der Waals surface area contributed by atoms with Crippen molar-refractivity contribution in [1.82, 2.24) is 0 Å². The molecule has 0 aliphatic carbocycles. The molecule has 0 saturated heterocycles. The van der Waals surface area contributed by atoms with Crippen LogP contribution in [0.2, 0.25) is 5.02 Å². The molecule has 98 valence electrons. The molecule has 0 aliphatic rings. The van der Waals surface area contributed by atoms with E-state index < -0.39 is 0 Å². The summed E-state index contributed by atoms with van der Waals surface area (Å²) in [6.07, 6.45) is 2.99. The summed E-state index contributed by atoms with van der Waals surface area (Å²) >= 11 is 7.63. The summed E-state index contributed by atoms with van der Waals surface area (Å²) in [4.78, 5) is 12.5. The van der Waals surface area contributed by atoms with E-state index in [0.717, 1.165) is 23.3 Å². The van der Waals surface area contributed by atoms with E-state index in [9.17, 15) is 4.79 Å². The fraction of sp³-hybridized carbons (Fsp3) is 0.188. The predicted molar refractivity (Wildman–Crippen MR) is 83.4 cm³/mol. The molecule has 3 heteroatoms. The highest BCUT2D eigenvalue weighted by atomic mass is 35.5. The van der Waals surface area contributed by atoms with Crippen molar-refractivity contribution in [2.45, 2.75) is 6.42 Å². The summed E-state index contributed by atoms with van der Waals surface area (Å²) in [7, 11) is 0. The van der Waals surface area contributed by atoms with Gasteiger partial charge in [-0.1, -0.05) is 35.9 Å². The van der Waals surface area contributed by atoms with E-state index in [0.29, 0.717) is 10.6 Å². The summed E-state index contributed by atoms with van der Waals surface area (Å²) in [6.45, 7) is 0. The molecule has 0 saturated carbocycles. The SMILES string of the molecule is CSCCc1ccccc1C(=O)c1ccc(Cl)cc1. The van der Waals surface area contributed by atoms with Crippen LogP contribution in [-0.2, 0) is 6.42 Å². The highest BCUT2D eigenvalue weighted by molar-refractivity contribution is 7.98. The van der Waals surface area contributed by atoms with Gasteiger partial charge in [0.25, 0.3) is 0 Å². The Morgan fingerprint density at radius 2 is 1.79 bits per heavy atom. The van der Waals surface area contributed by atoms with Gasteiger partial charge in [-0.25, -0.2) is 0 Å². The number of halogens is 1. The van der Waals surface area contributed by atoms with Gasteiger partial charge in [0.2, 0.25) is 0 Å². The lowest BCUT2D eigenvalue weighted by Gasteiger charge is -2.08. The summed E-state index contributed by atoms with van der Waals surface area (Å²) in [5, 5.41) is 0.646. The Balaban J connectivity index is 2.30. The molecule has 0 N–H and O–H groups in total. The van der Waals surface area contributed by atoms with E-state index in [2.05, 4.69) is 6.26 Å². The predicted octanol–water partition coefficient (Wildman–Crippen LogP) is 4.48. The normalized spacial score (nSPS) is 10.4. The van der Waals surface area contributed by atoms with Crippen LogP contribution in [0.4, 0.5) is 0 Å². The lowest BCUT2D eigenvalue weighted by molar-refractivity contribution is 0.103. The lowest BCUT2D eigenvalue weighted by Crippen LogP contribution is -2.06. The number of ketones is 1. The molecule has 0 radical (unpaired) electrons. The van der Waals surface area contributed by atoms with Crippen LogP contribution in [0.25, 0.3) is 0 Å². The van der Waals surface area contributed by atoms with Crippen LogP contribution in [0.3, 0.4) is 0 Å². The third-order valence-corrected chi connectivity index (χ3v) is 3.81.